The average molecular weight is 364 g/mol. The molecule has 0 fully saturated rings. The van der Waals surface area contributed by atoms with Crippen molar-refractivity contribution in [1.82, 2.24) is 5.32 Å². The van der Waals surface area contributed by atoms with E-state index in [2.05, 4.69) is 11.4 Å². The Morgan fingerprint density at radius 1 is 1.21 bits per heavy atom. The van der Waals surface area contributed by atoms with Crippen LogP contribution in [0.4, 0.5) is 0 Å². The summed E-state index contributed by atoms with van der Waals surface area (Å²) in [5.41, 5.74) is 0. The molecule has 3 rings (SSSR count). The molecule has 0 spiro atoms. The summed E-state index contributed by atoms with van der Waals surface area (Å²) in [6.07, 6.45) is -0.481. The van der Waals surface area contributed by atoms with Gasteiger partial charge in [-0.3, -0.25) is 0 Å². The van der Waals surface area contributed by atoms with E-state index >= 15 is 0 Å². The summed E-state index contributed by atoms with van der Waals surface area (Å²) in [5.74, 6) is 2.64. The first-order valence-corrected chi connectivity index (χ1v) is 9.86. The van der Waals surface area contributed by atoms with Gasteiger partial charge in [-0.1, -0.05) is 24.3 Å². The fourth-order valence-electron chi connectivity index (χ4n) is 2.36. The summed E-state index contributed by atoms with van der Waals surface area (Å²) in [7, 11) is 0. The van der Waals surface area contributed by atoms with E-state index in [0.717, 1.165) is 21.3 Å². The number of aliphatic hydroxyl groups is 1. The highest BCUT2D eigenvalue weighted by atomic mass is 32.2. The minimum atomic E-state index is -0.481. The Kier molecular flexibility index (Phi) is 6.31. The monoisotopic (exact) mass is 363 g/mol. The Morgan fingerprint density at radius 2 is 2.00 bits per heavy atom. The molecule has 0 amide bonds. The number of hydrogen-bond acceptors (Lipinski definition) is 6. The van der Waals surface area contributed by atoms with Crippen LogP contribution in [0, 0.1) is 0 Å². The van der Waals surface area contributed by atoms with Crippen LogP contribution in [0.5, 0.6) is 11.5 Å². The number of nitrogens with one attached hydrogen (secondary N) is 1. The van der Waals surface area contributed by atoms with Crippen molar-refractivity contribution in [3.8, 4) is 11.5 Å². The van der Waals surface area contributed by atoms with Crippen LogP contribution in [0.25, 0.3) is 0 Å². The molecule has 128 valence electrons. The second-order valence-electron chi connectivity index (χ2n) is 5.61. The van der Waals surface area contributed by atoms with Gasteiger partial charge in [0.1, 0.15) is 18.1 Å². The number of para-hydroxylation sites is 2. The first-order chi connectivity index (χ1) is 11.7. The predicted octanol–water partition coefficient (Wildman–Crippen LogP) is 2.99. The molecule has 1 heterocycles. The summed E-state index contributed by atoms with van der Waals surface area (Å²) in [5, 5.41) is 23.3. The topological polar surface area (TPSA) is 61.7 Å². The molecule has 1 aliphatic heterocycles. The van der Waals surface area contributed by atoms with Crippen LogP contribution in [0.3, 0.4) is 0 Å². The molecule has 4 nitrogen and oxygen atoms in total. The Bertz CT molecular complexity index is 641. The maximum atomic E-state index is 10.2. The third-order valence-electron chi connectivity index (χ3n) is 3.67. The van der Waals surface area contributed by atoms with Gasteiger partial charge in [-0.2, -0.15) is 0 Å². The van der Waals surface area contributed by atoms with Crippen LogP contribution < -0.4 is 10.1 Å². The molecule has 1 unspecified atom stereocenters. The van der Waals surface area contributed by atoms with Gasteiger partial charge in [0.2, 0.25) is 0 Å². The Morgan fingerprint density at radius 3 is 2.88 bits per heavy atom. The number of thioether (sulfide) groups is 2. The fourth-order valence-corrected chi connectivity index (χ4v) is 4.28. The number of phenols is 1. The molecule has 2 atom stereocenters. The maximum Gasteiger partial charge on any atom is 0.132 e. The first-order valence-electron chi connectivity index (χ1n) is 7.89. The number of aromatic hydroxyl groups is 1. The molecule has 3 N–H and O–H groups in total. The third kappa shape index (κ3) is 4.83. The standard InChI is InChI=1S/C18H21NO3S2/c20-14(12-24-17-7-3-1-5-15(17)21)9-19-13-10-22-16-6-2-4-8-18(16)23-11-13/h1-8,13-14,19-21H,9-12H2/t13?,14-/m1/s1. The number of phenolic OH excluding ortho intramolecular Hbond substituents is 1. The minimum Gasteiger partial charge on any atom is -0.507 e. The summed E-state index contributed by atoms with van der Waals surface area (Å²) >= 11 is 3.23. The number of rotatable bonds is 6. The second kappa shape index (κ2) is 8.67. The van der Waals surface area contributed by atoms with Crippen molar-refractivity contribution in [3.05, 3.63) is 48.5 Å². The molecule has 0 aromatic heterocycles. The summed E-state index contributed by atoms with van der Waals surface area (Å²) in [6.45, 7) is 1.11. The lowest BCUT2D eigenvalue weighted by Gasteiger charge is -2.18. The quantitative estimate of drug-likeness (QED) is 0.686. The van der Waals surface area contributed by atoms with Crippen molar-refractivity contribution < 1.29 is 14.9 Å². The fraction of sp³-hybridized carbons (Fsp3) is 0.333. The molecular formula is C18H21NO3S2. The van der Waals surface area contributed by atoms with E-state index in [1.807, 2.05) is 30.3 Å². The Hall–Kier alpha value is -1.34. The molecular weight excluding hydrogens is 342 g/mol. The first kappa shape index (κ1) is 17.5. The van der Waals surface area contributed by atoms with Gasteiger partial charge in [-0.05, 0) is 24.3 Å². The van der Waals surface area contributed by atoms with Gasteiger partial charge in [0.15, 0.2) is 0 Å². The van der Waals surface area contributed by atoms with Crippen molar-refractivity contribution in [2.45, 2.75) is 21.9 Å². The molecule has 24 heavy (non-hydrogen) atoms. The normalized spacial score (nSPS) is 18.3. The van der Waals surface area contributed by atoms with E-state index in [4.69, 9.17) is 4.74 Å². The number of ether oxygens (including phenoxy) is 1. The summed E-state index contributed by atoms with van der Waals surface area (Å²) < 4.78 is 5.84. The van der Waals surface area contributed by atoms with Gasteiger partial charge < -0.3 is 20.3 Å². The van der Waals surface area contributed by atoms with Gasteiger partial charge in [0, 0.05) is 27.8 Å². The lowest BCUT2D eigenvalue weighted by Crippen LogP contribution is -2.41. The van der Waals surface area contributed by atoms with E-state index in [9.17, 15) is 10.2 Å². The molecule has 2 aromatic rings. The number of aliphatic hydroxyl groups excluding tert-OH is 1. The van der Waals surface area contributed by atoms with E-state index in [-0.39, 0.29) is 11.8 Å². The molecule has 0 radical (unpaired) electrons. The zero-order valence-electron chi connectivity index (χ0n) is 13.2. The van der Waals surface area contributed by atoms with Crippen molar-refractivity contribution in [3.63, 3.8) is 0 Å². The van der Waals surface area contributed by atoms with Crippen molar-refractivity contribution in [1.29, 1.82) is 0 Å². The molecule has 0 saturated heterocycles. The molecule has 6 heteroatoms. The molecule has 0 bridgehead atoms. The molecule has 0 aliphatic carbocycles. The van der Waals surface area contributed by atoms with Crippen LogP contribution in [-0.4, -0.2) is 47.0 Å². The van der Waals surface area contributed by atoms with E-state index < -0.39 is 6.10 Å². The molecule has 0 saturated carbocycles. The highest BCUT2D eigenvalue weighted by Crippen LogP contribution is 2.32. The van der Waals surface area contributed by atoms with E-state index in [0.29, 0.717) is 18.9 Å². The summed E-state index contributed by atoms with van der Waals surface area (Å²) in [6, 6.07) is 15.4. The van der Waals surface area contributed by atoms with Gasteiger partial charge in [0.05, 0.1) is 12.1 Å². The molecule has 2 aromatic carbocycles. The Labute approximate surface area is 150 Å². The molecule has 1 aliphatic rings. The van der Waals surface area contributed by atoms with Gasteiger partial charge in [-0.15, -0.1) is 23.5 Å². The lowest BCUT2D eigenvalue weighted by atomic mass is 10.3. The van der Waals surface area contributed by atoms with E-state index in [1.165, 1.54) is 11.8 Å². The number of benzene rings is 2. The average Bonchev–Trinajstić information content (AvgIpc) is 2.82. The highest BCUT2D eigenvalue weighted by molar-refractivity contribution is 7.99. The SMILES string of the molecule is Oc1ccccc1SC[C@H](O)CNC1COc2ccccc2SC1. The minimum absolute atomic E-state index is 0.201. The van der Waals surface area contributed by atoms with Crippen molar-refractivity contribution in [2.24, 2.45) is 0 Å². The van der Waals surface area contributed by atoms with Crippen LogP contribution >= 0.6 is 23.5 Å². The van der Waals surface area contributed by atoms with Crippen LogP contribution in [0.2, 0.25) is 0 Å². The zero-order chi connectivity index (χ0) is 16.8. The third-order valence-corrected chi connectivity index (χ3v) is 6.09. The second-order valence-corrected chi connectivity index (χ2v) is 7.73. The smallest absolute Gasteiger partial charge is 0.132 e. The Balaban J connectivity index is 1.42. The zero-order valence-corrected chi connectivity index (χ0v) is 14.9. The van der Waals surface area contributed by atoms with Gasteiger partial charge in [-0.25, -0.2) is 0 Å². The van der Waals surface area contributed by atoms with Crippen molar-refractivity contribution in [2.75, 3.05) is 24.7 Å². The maximum absolute atomic E-state index is 10.2. The van der Waals surface area contributed by atoms with Crippen LogP contribution in [-0.2, 0) is 0 Å². The highest BCUT2D eigenvalue weighted by Gasteiger charge is 2.18. The summed E-state index contributed by atoms with van der Waals surface area (Å²) in [4.78, 5) is 1.96. The number of hydrogen-bond donors (Lipinski definition) is 3. The lowest BCUT2D eigenvalue weighted by molar-refractivity contribution is 0.183. The largest absolute Gasteiger partial charge is 0.507 e. The van der Waals surface area contributed by atoms with E-state index in [1.54, 1.807) is 23.9 Å². The predicted molar refractivity (Wildman–Crippen MR) is 99.3 cm³/mol. The van der Waals surface area contributed by atoms with Crippen LogP contribution in [0.1, 0.15) is 0 Å². The van der Waals surface area contributed by atoms with Gasteiger partial charge in [0.25, 0.3) is 0 Å². The van der Waals surface area contributed by atoms with Crippen LogP contribution in [0.15, 0.2) is 58.3 Å². The number of fused-ring (bicyclic) bond motifs is 1. The van der Waals surface area contributed by atoms with Crippen molar-refractivity contribution >= 4 is 23.5 Å². The van der Waals surface area contributed by atoms with Gasteiger partial charge >= 0.3 is 0 Å².